The molecule has 0 saturated carbocycles. The number of halogens is 1. The molecule has 1 heterocycles. The summed E-state index contributed by atoms with van der Waals surface area (Å²) in [6.07, 6.45) is 3.06. The van der Waals surface area contributed by atoms with Crippen molar-refractivity contribution in [3.05, 3.63) is 111 Å². The third-order valence-electron chi connectivity index (χ3n) is 7.15. The highest BCUT2D eigenvalue weighted by molar-refractivity contribution is 6.32. The molecule has 9 heteroatoms. The maximum Gasteiger partial charge on any atom is 0.326 e. The molecule has 0 aliphatic heterocycles. The second kappa shape index (κ2) is 15.9. The Labute approximate surface area is 263 Å². The van der Waals surface area contributed by atoms with E-state index in [9.17, 15) is 20.3 Å². The van der Waals surface area contributed by atoms with Gasteiger partial charge in [0, 0.05) is 36.1 Å². The molecule has 3 N–H and O–H groups in total. The SMILES string of the molecule is CC.Cc1ccccc1-c1cccc(COc2cc(OCc3cncc(C#N)c3)c(CN[C@@](C)(CO)C(=O)O)cc2Cl)c1C. The number of aliphatic hydroxyl groups excluding tert-OH is 1. The van der Waals surface area contributed by atoms with Crippen molar-refractivity contribution < 1.29 is 24.5 Å². The van der Waals surface area contributed by atoms with E-state index in [1.54, 1.807) is 24.4 Å². The van der Waals surface area contributed by atoms with E-state index in [-0.39, 0.29) is 19.8 Å². The number of carboxylic acids is 1. The van der Waals surface area contributed by atoms with Crippen LogP contribution in [0.5, 0.6) is 11.5 Å². The summed E-state index contributed by atoms with van der Waals surface area (Å²) >= 11 is 6.64. The zero-order valence-corrected chi connectivity index (χ0v) is 26.4. The smallest absolute Gasteiger partial charge is 0.326 e. The highest BCUT2D eigenvalue weighted by Gasteiger charge is 2.32. The number of aliphatic hydroxyl groups is 1. The van der Waals surface area contributed by atoms with Crippen LogP contribution in [0.1, 0.15) is 54.2 Å². The topological polar surface area (TPSA) is 125 Å². The third kappa shape index (κ3) is 8.35. The predicted molar refractivity (Wildman–Crippen MR) is 172 cm³/mol. The summed E-state index contributed by atoms with van der Waals surface area (Å²) in [6, 6.07) is 21.4. The maximum absolute atomic E-state index is 11.7. The van der Waals surface area contributed by atoms with E-state index in [4.69, 9.17) is 21.1 Å². The van der Waals surface area contributed by atoms with Crippen LogP contribution in [0.2, 0.25) is 5.02 Å². The van der Waals surface area contributed by atoms with Crippen molar-refractivity contribution in [3.8, 4) is 28.7 Å². The molecule has 0 radical (unpaired) electrons. The zero-order chi connectivity index (χ0) is 32.3. The van der Waals surface area contributed by atoms with Crippen molar-refractivity contribution >= 4 is 17.6 Å². The fraction of sp³-hybridized carbons (Fsp3) is 0.286. The highest BCUT2D eigenvalue weighted by Crippen LogP contribution is 2.35. The molecule has 0 aliphatic rings. The Morgan fingerprint density at radius 1 is 0.977 bits per heavy atom. The third-order valence-corrected chi connectivity index (χ3v) is 7.45. The molecular formula is C35H38ClN3O5. The van der Waals surface area contributed by atoms with Gasteiger partial charge < -0.3 is 19.7 Å². The number of pyridine rings is 1. The number of ether oxygens (including phenoxy) is 2. The molecular weight excluding hydrogens is 578 g/mol. The van der Waals surface area contributed by atoms with Crippen LogP contribution >= 0.6 is 11.6 Å². The minimum atomic E-state index is -1.57. The summed E-state index contributed by atoms with van der Waals surface area (Å²) in [5.41, 5.74) is 5.66. The second-order valence-electron chi connectivity index (χ2n) is 10.2. The Kier molecular flexibility index (Phi) is 12.3. The lowest BCUT2D eigenvalue weighted by Gasteiger charge is -2.25. The number of aryl methyl sites for hydroxylation is 1. The van der Waals surface area contributed by atoms with E-state index >= 15 is 0 Å². The summed E-state index contributed by atoms with van der Waals surface area (Å²) in [7, 11) is 0. The lowest BCUT2D eigenvalue weighted by Crippen LogP contribution is -2.52. The van der Waals surface area contributed by atoms with Gasteiger partial charge >= 0.3 is 5.97 Å². The average molecular weight is 616 g/mol. The van der Waals surface area contributed by atoms with Crippen molar-refractivity contribution in [1.29, 1.82) is 5.26 Å². The number of nitrogens with one attached hydrogen (secondary N) is 1. The van der Waals surface area contributed by atoms with Crippen LogP contribution < -0.4 is 14.8 Å². The van der Waals surface area contributed by atoms with E-state index in [0.29, 0.717) is 33.2 Å². The standard InChI is InChI=1S/C33H32ClN3O5.C2H6/c1-21-7-4-5-9-27(21)28-10-6-8-25(22(28)2)19-42-31-13-30(41-18-24-11-23(14-35)15-36-16-24)26(12-29(31)34)17-37-33(3,20-38)32(39)40;1-2/h4-13,15-16,37-38H,17-20H2,1-3H3,(H,39,40);1-2H3/t33-;/m0./s1. The summed E-state index contributed by atoms with van der Waals surface area (Å²) in [4.78, 5) is 15.8. The molecule has 230 valence electrons. The number of nitriles is 1. The van der Waals surface area contributed by atoms with Gasteiger partial charge in [0.1, 0.15) is 36.3 Å². The van der Waals surface area contributed by atoms with Crippen molar-refractivity contribution in [1.82, 2.24) is 10.3 Å². The first-order valence-corrected chi connectivity index (χ1v) is 14.7. The molecule has 1 atom stereocenters. The maximum atomic E-state index is 11.7. The van der Waals surface area contributed by atoms with E-state index in [1.165, 1.54) is 18.7 Å². The Balaban J connectivity index is 0.00000259. The van der Waals surface area contributed by atoms with Gasteiger partial charge in [-0.15, -0.1) is 0 Å². The number of aliphatic carboxylic acids is 1. The number of carboxylic acid groups (broad SMARTS) is 1. The summed E-state index contributed by atoms with van der Waals surface area (Å²) in [5, 5.41) is 31.6. The van der Waals surface area contributed by atoms with Crippen molar-refractivity contribution in [2.75, 3.05) is 6.61 Å². The molecule has 0 aliphatic carbocycles. The van der Waals surface area contributed by atoms with Crippen molar-refractivity contribution in [2.24, 2.45) is 0 Å². The van der Waals surface area contributed by atoms with Crippen LogP contribution in [0.4, 0.5) is 0 Å². The molecule has 0 spiro atoms. The molecule has 44 heavy (non-hydrogen) atoms. The van der Waals surface area contributed by atoms with Crippen LogP contribution in [0, 0.1) is 25.2 Å². The van der Waals surface area contributed by atoms with Gasteiger partial charge in [-0.1, -0.05) is 67.9 Å². The summed E-state index contributed by atoms with van der Waals surface area (Å²) in [5.74, 6) is -0.398. The largest absolute Gasteiger partial charge is 0.488 e. The molecule has 0 unspecified atom stereocenters. The Bertz CT molecular complexity index is 1640. The number of nitrogens with zero attached hydrogens (tertiary/aromatic N) is 2. The predicted octanol–water partition coefficient (Wildman–Crippen LogP) is 7.00. The van der Waals surface area contributed by atoms with Crippen LogP contribution in [0.15, 0.2) is 73.1 Å². The van der Waals surface area contributed by atoms with Crippen LogP contribution in [-0.4, -0.2) is 33.3 Å². The Morgan fingerprint density at radius 2 is 1.68 bits per heavy atom. The number of hydrogen-bond acceptors (Lipinski definition) is 7. The average Bonchev–Trinajstić information content (AvgIpc) is 3.04. The van der Waals surface area contributed by atoms with E-state index in [0.717, 1.165) is 22.3 Å². The number of hydrogen-bond donors (Lipinski definition) is 3. The van der Waals surface area contributed by atoms with Crippen molar-refractivity contribution in [2.45, 2.75) is 59.9 Å². The van der Waals surface area contributed by atoms with Gasteiger partial charge in [-0.25, -0.2) is 0 Å². The van der Waals surface area contributed by atoms with Gasteiger partial charge in [0.05, 0.1) is 17.2 Å². The van der Waals surface area contributed by atoms with Gasteiger partial charge in [-0.3, -0.25) is 15.1 Å². The number of rotatable bonds is 12. The lowest BCUT2D eigenvalue weighted by molar-refractivity contribution is -0.145. The molecule has 4 aromatic rings. The van der Waals surface area contributed by atoms with Crippen LogP contribution in [0.25, 0.3) is 11.1 Å². The lowest BCUT2D eigenvalue weighted by atomic mass is 9.94. The monoisotopic (exact) mass is 615 g/mol. The minimum absolute atomic E-state index is 0.0484. The first-order chi connectivity index (χ1) is 21.1. The molecule has 0 saturated heterocycles. The number of benzene rings is 3. The van der Waals surface area contributed by atoms with Crippen LogP contribution in [0.3, 0.4) is 0 Å². The van der Waals surface area contributed by atoms with Gasteiger partial charge in [-0.2, -0.15) is 5.26 Å². The number of aromatic nitrogens is 1. The second-order valence-corrected chi connectivity index (χ2v) is 10.6. The van der Waals surface area contributed by atoms with E-state index in [2.05, 4.69) is 48.4 Å². The first kappa shape index (κ1) is 34.1. The molecule has 0 fully saturated rings. The fourth-order valence-electron chi connectivity index (χ4n) is 4.40. The van der Waals surface area contributed by atoms with Gasteiger partial charge in [-0.05, 0) is 60.7 Å². The van der Waals surface area contributed by atoms with Gasteiger partial charge in [0.25, 0.3) is 0 Å². The van der Waals surface area contributed by atoms with Gasteiger partial charge in [0.15, 0.2) is 0 Å². The van der Waals surface area contributed by atoms with E-state index in [1.807, 2.05) is 38.1 Å². The normalized spacial score (nSPS) is 11.9. The molecule has 0 bridgehead atoms. The summed E-state index contributed by atoms with van der Waals surface area (Å²) < 4.78 is 12.3. The zero-order valence-electron chi connectivity index (χ0n) is 25.6. The Hall–Kier alpha value is -4.42. The minimum Gasteiger partial charge on any atom is -0.488 e. The molecule has 0 amide bonds. The number of carbonyl (C=O) groups is 1. The Morgan fingerprint density at radius 3 is 2.36 bits per heavy atom. The highest BCUT2D eigenvalue weighted by atomic mass is 35.5. The van der Waals surface area contributed by atoms with Crippen molar-refractivity contribution in [3.63, 3.8) is 0 Å². The van der Waals surface area contributed by atoms with Gasteiger partial charge in [0.2, 0.25) is 0 Å². The molecule has 1 aromatic heterocycles. The summed E-state index contributed by atoms with van der Waals surface area (Å²) in [6.45, 7) is 9.34. The quantitative estimate of drug-likeness (QED) is 0.156. The fourth-order valence-corrected chi connectivity index (χ4v) is 4.64. The molecule has 3 aromatic carbocycles. The van der Waals surface area contributed by atoms with E-state index < -0.39 is 18.1 Å². The first-order valence-electron chi connectivity index (χ1n) is 14.3. The van der Waals surface area contributed by atoms with Crippen LogP contribution in [-0.2, 0) is 24.6 Å². The molecule has 4 rings (SSSR count). The molecule has 8 nitrogen and oxygen atoms in total.